The van der Waals surface area contributed by atoms with Crippen LogP contribution in [0.4, 0.5) is 0 Å². The van der Waals surface area contributed by atoms with Gasteiger partial charge in [-0.05, 0) is 50.5 Å². The highest BCUT2D eigenvalue weighted by Gasteiger charge is 2.21. The Morgan fingerprint density at radius 1 is 1.14 bits per heavy atom. The van der Waals surface area contributed by atoms with Crippen LogP contribution in [0.5, 0.6) is 5.75 Å². The zero-order valence-corrected chi connectivity index (χ0v) is 12.9. The Labute approximate surface area is 125 Å². The van der Waals surface area contributed by atoms with E-state index >= 15 is 0 Å². The van der Waals surface area contributed by atoms with Crippen molar-refractivity contribution in [3.05, 3.63) is 29.8 Å². The molecule has 0 radical (unpaired) electrons. The lowest BCUT2D eigenvalue weighted by atomic mass is 10.0. The molecule has 5 heteroatoms. The van der Waals surface area contributed by atoms with Crippen molar-refractivity contribution in [2.45, 2.75) is 46.3 Å². The minimum Gasteiger partial charge on any atom is -0.491 e. The SMILES string of the molecule is CC(C)CC(NC(=O)c1ccc(OC(C)C)cc1)C(=O)O. The first kappa shape index (κ1) is 17.0. The lowest BCUT2D eigenvalue weighted by molar-refractivity contribution is -0.139. The van der Waals surface area contributed by atoms with Gasteiger partial charge in [0.1, 0.15) is 11.8 Å². The number of hydrogen-bond acceptors (Lipinski definition) is 3. The van der Waals surface area contributed by atoms with E-state index < -0.39 is 12.0 Å². The van der Waals surface area contributed by atoms with Crippen molar-refractivity contribution in [3.8, 4) is 5.75 Å². The summed E-state index contributed by atoms with van der Waals surface area (Å²) in [6.45, 7) is 7.67. The number of amides is 1. The number of carboxylic acids is 1. The molecular weight excluding hydrogens is 270 g/mol. The zero-order valence-electron chi connectivity index (χ0n) is 12.9. The standard InChI is InChI=1S/C16H23NO4/c1-10(2)9-14(16(19)20)17-15(18)12-5-7-13(8-6-12)21-11(3)4/h5-8,10-11,14H,9H2,1-4H3,(H,17,18)(H,19,20). The molecule has 0 aliphatic carbocycles. The third kappa shape index (κ3) is 5.85. The summed E-state index contributed by atoms with van der Waals surface area (Å²) in [5.74, 6) is -0.539. The Morgan fingerprint density at radius 3 is 2.14 bits per heavy atom. The molecule has 1 unspecified atom stereocenters. The van der Waals surface area contributed by atoms with Gasteiger partial charge < -0.3 is 15.2 Å². The smallest absolute Gasteiger partial charge is 0.326 e. The van der Waals surface area contributed by atoms with E-state index in [1.165, 1.54) is 0 Å². The number of ether oxygens (including phenoxy) is 1. The predicted molar refractivity (Wildman–Crippen MR) is 80.6 cm³/mol. The summed E-state index contributed by atoms with van der Waals surface area (Å²) in [6, 6.07) is 5.78. The third-order valence-electron chi connectivity index (χ3n) is 2.80. The second-order valence-corrected chi connectivity index (χ2v) is 5.68. The van der Waals surface area contributed by atoms with Crippen molar-refractivity contribution in [3.63, 3.8) is 0 Å². The first-order valence-corrected chi connectivity index (χ1v) is 7.10. The van der Waals surface area contributed by atoms with E-state index in [1.54, 1.807) is 24.3 Å². The number of carbonyl (C=O) groups excluding carboxylic acids is 1. The Bertz CT molecular complexity index is 480. The molecule has 0 aromatic heterocycles. The highest BCUT2D eigenvalue weighted by Crippen LogP contribution is 2.14. The monoisotopic (exact) mass is 293 g/mol. The molecular formula is C16H23NO4. The average molecular weight is 293 g/mol. The van der Waals surface area contributed by atoms with Gasteiger partial charge in [0.2, 0.25) is 0 Å². The van der Waals surface area contributed by atoms with Crippen LogP contribution >= 0.6 is 0 Å². The van der Waals surface area contributed by atoms with Crippen LogP contribution in [0.3, 0.4) is 0 Å². The Kier molecular flexibility index (Phi) is 6.21. The van der Waals surface area contributed by atoms with E-state index in [4.69, 9.17) is 9.84 Å². The van der Waals surface area contributed by atoms with Crippen LogP contribution in [0.2, 0.25) is 0 Å². The van der Waals surface area contributed by atoms with Crippen LogP contribution < -0.4 is 10.1 Å². The molecule has 5 nitrogen and oxygen atoms in total. The molecule has 0 saturated heterocycles. The topological polar surface area (TPSA) is 75.6 Å². The van der Waals surface area contributed by atoms with Gasteiger partial charge in [-0.2, -0.15) is 0 Å². The molecule has 0 fully saturated rings. The lowest BCUT2D eigenvalue weighted by Gasteiger charge is -2.16. The van der Waals surface area contributed by atoms with Crippen LogP contribution in [0.1, 0.15) is 44.5 Å². The highest BCUT2D eigenvalue weighted by molar-refractivity contribution is 5.96. The molecule has 1 amide bonds. The van der Waals surface area contributed by atoms with Gasteiger partial charge in [-0.3, -0.25) is 4.79 Å². The Hall–Kier alpha value is -2.04. The van der Waals surface area contributed by atoms with Gasteiger partial charge in [-0.15, -0.1) is 0 Å². The largest absolute Gasteiger partial charge is 0.491 e. The number of benzene rings is 1. The number of carboxylic acid groups (broad SMARTS) is 1. The number of hydrogen-bond donors (Lipinski definition) is 2. The molecule has 2 N–H and O–H groups in total. The fraction of sp³-hybridized carbons (Fsp3) is 0.500. The number of rotatable bonds is 7. The fourth-order valence-electron chi connectivity index (χ4n) is 1.89. The Morgan fingerprint density at radius 2 is 1.71 bits per heavy atom. The van der Waals surface area contributed by atoms with Gasteiger partial charge in [0.05, 0.1) is 6.10 Å². The van der Waals surface area contributed by atoms with Crippen molar-refractivity contribution in [1.82, 2.24) is 5.32 Å². The van der Waals surface area contributed by atoms with Crippen LogP contribution in [-0.4, -0.2) is 29.1 Å². The van der Waals surface area contributed by atoms with Gasteiger partial charge in [0, 0.05) is 5.56 Å². The minimum atomic E-state index is -1.02. The first-order valence-electron chi connectivity index (χ1n) is 7.10. The summed E-state index contributed by atoms with van der Waals surface area (Å²) in [6.07, 6.45) is 0.461. The second-order valence-electron chi connectivity index (χ2n) is 5.68. The van der Waals surface area contributed by atoms with E-state index in [9.17, 15) is 9.59 Å². The molecule has 1 atom stereocenters. The molecule has 0 bridgehead atoms. The van der Waals surface area contributed by atoms with Gasteiger partial charge in [0.15, 0.2) is 0 Å². The molecule has 0 heterocycles. The van der Waals surface area contributed by atoms with Gasteiger partial charge in [-0.25, -0.2) is 4.79 Å². The minimum absolute atomic E-state index is 0.0621. The van der Waals surface area contributed by atoms with E-state index in [2.05, 4.69) is 5.32 Å². The van der Waals surface area contributed by atoms with Crippen molar-refractivity contribution in [2.24, 2.45) is 5.92 Å². The normalized spacial score (nSPS) is 12.3. The molecule has 1 rings (SSSR count). The fourth-order valence-corrected chi connectivity index (χ4v) is 1.89. The molecule has 0 aliphatic heterocycles. The average Bonchev–Trinajstić information content (AvgIpc) is 2.37. The third-order valence-corrected chi connectivity index (χ3v) is 2.80. The van der Waals surface area contributed by atoms with E-state index in [1.807, 2.05) is 27.7 Å². The Balaban J connectivity index is 2.71. The van der Waals surface area contributed by atoms with Crippen LogP contribution in [-0.2, 0) is 4.79 Å². The van der Waals surface area contributed by atoms with Crippen molar-refractivity contribution >= 4 is 11.9 Å². The summed E-state index contributed by atoms with van der Waals surface area (Å²) < 4.78 is 5.50. The lowest BCUT2D eigenvalue weighted by Crippen LogP contribution is -2.41. The first-order chi connectivity index (χ1) is 9.79. The van der Waals surface area contributed by atoms with Crippen molar-refractivity contribution < 1.29 is 19.4 Å². The maximum atomic E-state index is 12.1. The van der Waals surface area contributed by atoms with Crippen molar-refractivity contribution in [1.29, 1.82) is 0 Å². The summed E-state index contributed by atoms with van der Waals surface area (Å²) in [4.78, 5) is 23.2. The quantitative estimate of drug-likeness (QED) is 0.810. The van der Waals surface area contributed by atoms with Crippen LogP contribution in [0, 0.1) is 5.92 Å². The maximum absolute atomic E-state index is 12.1. The van der Waals surface area contributed by atoms with Crippen LogP contribution in [0.15, 0.2) is 24.3 Å². The second kappa shape index (κ2) is 7.67. The van der Waals surface area contributed by atoms with Crippen LogP contribution in [0.25, 0.3) is 0 Å². The van der Waals surface area contributed by atoms with E-state index in [0.29, 0.717) is 17.7 Å². The van der Waals surface area contributed by atoms with Gasteiger partial charge >= 0.3 is 5.97 Å². The van der Waals surface area contributed by atoms with Crippen molar-refractivity contribution in [2.75, 3.05) is 0 Å². The molecule has 1 aromatic carbocycles. The predicted octanol–water partition coefficient (Wildman–Crippen LogP) is 2.70. The summed E-state index contributed by atoms with van der Waals surface area (Å²) in [7, 11) is 0. The van der Waals surface area contributed by atoms with E-state index in [0.717, 1.165) is 0 Å². The molecule has 1 aromatic rings. The number of aliphatic carboxylic acids is 1. The van der Waals surface area contributed by atoms with Gasteiger partial charge in [0.25, 0.3) is 5.91 Å². The molecule has 116 valence electrons. The molecule has 0 saturated carbocycles. The summed E-state index contributed by atoms with van der Waals surface area (Å²) >= 11 is 0. The number of carbonyl (C=O) groups is 2. The number of nitrogens with one attached hydrogen (secondary N) is 1. The van der Waals surface area contributed by atoms with E-state index in [-0.39, 0.29) is 17.9 Å². The summed E-state index contributed by atoms with van der Waals surface area (Å²) in [5, 5.41) is 11.7. The summed E-state index contributed by atoms with van der Waals surface area (Å²) in [5.41, 5.74) is 0.418. The molecule has 0 spiro atoms. The molecule has 0 aliphatic rings. The zero-order chi connectivity index (χ0) is 16.0. The molecule has 21 heavy (non-hydrogen) atoms. The maximum Gasteiger partial charge on any atom is 0.326 e. The van der Waals surface area contributed by atoms with Gasteiger partial charge in [-0.1, -0.05) is 13.8 Å². The highest BCUT2D eigenvalue weighted by atomic mass is 16.5.